The van der Waals surface area contributed by atoms with Crippen molar-refractivity contribution in [2.45, 2.75) is 51.2 Å². The molecular weight excluding hydrogens is 270 g/mol. The van der Waals surface area contributed by atoms with Gasteiger partial charge in [-0.15, -0.1) is 0 Å². The molecule has 2 atom stereocenters. The molecule has 1 fully saturated rings. The van der Waals surface area contributed by atoms with E-state index in [-0.39, 0.29) is 0 Å². The summed E-state index contributed by atoms with van der Waals surface area (Å²) in [5.41, 5.74) is 0.385. The summed E-state index contributed by atoms with van der Waals surface area (Å²) in [6, 6.07) is 0.440. The van der Waals surface area contributed by atoms with Gasteiger partial charge in [-0.05, 0) is 36.9 Å². The van der Waals surface area contributed by atoms with Crippen LogP contribution in [0.1, 0.15) is 40.0 Å². The maximum atomic E-state index is 4.46. The third kappa shape index (κ3) is 3.98. The quantitative estimate of drug-likeness (QED) is 0.831. The average Bonchev–Trinajstić information content (AvgIpc) is 2.35. The normalized spacial score (nSPS) is 25.2. The van der Waals surface area contributed by atoms with Crippen LogP contribution in [0.15, 0.2) is 5.16 Å². The first-order valence-electron chi connectivity index (χ1n) is 7.16. The van der Waals surface area contributed by atoms with Gasteiger partial charge in [0.1, 0.15) is 0 Å². The predicted octanol–water partition coefficient (Wildman–Crippen LogP) is 3.26. The van der Waals surface area contributed by atoms with Crippen molar-refractivity contribution in [1.29, 1.82) is 0 Å². The van der Waals surface area contributed by atoms with Crippen LogP contribution in [-0.2, 0) is 0 Å². The van der Waals surface area contributed by atoms with E-state index >= 15 is 0 Å². The van der Waals surface area contributed by atoms with Gasteiger partial charge < -0.3 is 10.6 Å². The standard InChI is InChI=1S/C14H25N5S/c1-9-6-10(8-14(2,3)7-9)16-12-17-11(15-4)18-13(19-12)20-5/h9-10H,6-8H2,1-5H3,(H2,15,16,17,18,19). The molecular formula is C14H25N5S. The van der Waals surface area contributed by atoms with Crippen LogP contribution in [0.5, 0.6) is 0 Å². The van der Waals surface area contributed by atoms with Gasteiger partial charge in [0.2, 0.25) is 11.9 Å². The number of nitrogens with zero attached hydrogens (tertiary/aromatic N) is 3. The minimum Gasteiger partial charge on any atom is -0.357 e. The Balaban J connectivity index is 2.12. The lowest BCUT2D eigenvalue weighted by atomic mass is 9.71. The third-order valence-corrected chi connectivity index (χ3v) is 4.29. The van der Waals surface area contributed by atoms with E-state index in [2.05, 4.69) is 46.4 Å². The Morgan fingerprint density at radius 3 is 2.45 bits per heavy atom. The minimum atomic E-state index is 0.385. The molecule has 2 unspecified atom stereocenters. The SMILES string of the molecule is CNc1nc(NC2CC(C)CC(C)(C)C2)nc(SC)n1. The molecule has 1 aromatic heterocycles. The summed E-state index contributed by atoms with van der Waals surface area (Å²) in [6.45, 7) is 7.02. The summed E-state index contributed by atoms with van der Waals surface area (Å²) in [6.07, 6.45) is 5.61. The van der Waals surface area contributed by atoms with Gasteiger partial charge in [-0.2, -0.15) is 15.0 Å². The highest BCUT2D eigenvalue weighted by Crippen LogP contribution is 2.39. The van der Waals surface area contributed by atoms with Gasteiger partial charge in [-0.25, -0.2) is 0 Å². The fourth-order valence-electron chi connectivity index (χ4n) is 3.26. The number of aromatic nitrogens is 3. The van der Waals surface area contributed by atoms with Crippen molar-refractivity contribution in [2.75, 3.05) is 23.9 Å². The molecule has 6 heteroatoms. The zero-order valence-electron chi connectivity index (χ0n) is 13.0. The number of anilines is 2. The molecule has 2 rings (SSSR count). The average molecular weight is 295 g/mol. The van der Waals surface area contributed by atoms with Crippen molar-refractivity contribution in [3.05, 3.63) is 0 Å². The van der Waals surface area contributed by atoms with Gasteiger partial charge in [0.15, 0.2) is 5.16 Å². The monoisotopic (exact) mass is 295 g/mol. The predicted molar refractivity (Wildman–Crippen MR) is 85.4 cm³/mol. The van der Waals surface area contributed by atoms with Crippen LogP contribution in [0.3, 0.4) is 0 Å². The molecule has 0 amide bonds. The minimum absolute atomic E-state index is 0.385. The van der Waals surface area contributed by atoms with Crippen molar-refractivity contribution in [2.24, 2.45) is 11.3 Å². The smallest absolute Gasteiger partial charge is 0.228 e. The molecule has 0 spiro atoms. The molecule has 1 aliphatic rings. The van der Waals surface area contributed by atoms with E-state index in [1.807, 2.05) is 13.3 Å². The van der Waals surface area contributed by atoms with Crippen molar-refractivity contribution in [3.8, 4) is 0 Å². The highest BCUT2D eigenvalue weighted by atomic mass is 32.2. The lowest BCUT2D eigenvalue weighted by molar-refractivity contribution is 0.177. The third-order valence-electron chi connectivity index (χ3n) is 3.74. The lowest BCUT2D eigenvalue weighted by Gasteiger charge is -2.39. The molecule has 0 saturated heterocycles. The van der Waals surface area contributed by atoms with Gasteiger partial charge >= 0.3 is 0 Å². The summed E-state index contributed by atoms with van der Waals surface area (Å²) in [5.74, 6) is 2.04. The maximum Gasteiger partial charge on any atom is 0.228 e. The Hall–Kier alpha value is -1.04. The van der Waals surface area contributed by atoms with E-state index in [9.17, 15) is 0 Å². The van der Waals surface area contributed by atoms with E-state index in [0.717, 1.165) is 17.5 Å². The molecule has 1 heterocycles. The summed E-state index contributed by atoms with van der Waals surface area (Å²) in [4.78, 5) is 13.2. The number of hydrogen-bond donors (Lipinski definition) is 2. The second-order valence-electron chi connectivity index (χ2n) is 6.47. The van der Waals surface area contributed by atoms with Gasteiger partial charge in [0.05, 0.1) is 0 Å². The molecule has 112 valence electrons. The molecule has 1 aliphatic carbocycles. The van der Waals surface area contributed by atoms with Gasteiger partial charge in [-0.3, -0.25) is 0 Å². The summed E-state index contributed by atoms with van der Waals surface area (Å²) in [5, 5.41) is 7.23. The molecule has 2 N–H and O–H groups in total. The number of rotatable bonds is 4. The zero-order chi connectivity index (χ0) is 14.8. The van der Waals surface area contributed by atoms with Crippen LogP contribution in [0.2, 0.25) is 0 Å². The molecule has 0 aliphatic heterocycles. The van der Waals surface area contributed by atoms with Crippen molar-refractivity contribution < 1.29 is 0 Å². The molecule has 1 aromatic rings. The maximum absolute atomic E-state index is 4.46. The molecule has 1 saturated carbocycles. The lowest BCUT2D eigenvalue weighted by Crippen LogP contribution is -2.36. The molecule has 0 radical (unpaired) electrons. The van der Waals surface area contributed by atoms with Crippen LogP contribution in [-0.4, -0.2) is 34.3 Å². The van der Waals surface area contributed by atoms with Crippen LogP contribution in [0.4, 0.5) is 11.9 Å². The Kier molecular flexibility index (Phi) is 4.73. The molecule has 20 heavy (non-hydrogen) atoms. The van der Waals surface area contributed by atoms with Gasteiger partial charge in [0.25, 0.3) is 0 Å². The molecule has 0 aromatic carbocycles. The fraction of sp³-hybridized carbons (Fsp3) is 0.786. The second-order valence-corrected chi connectivity index (χ2v) is 7.25. The summed E-state index contributed by atoms with van der Waals surface area (Å²) < 4.78 is 0. The first kappa shape index (κ1) is 15.4. The van der Waals surface area contributed by atoms with Crippen LogP contribution in [0, 0.1) is 11.3 Å². The molecule has 5 nitrogen and oxygen atoms in total. The van der Waals surface area contributed by atoms with E-state index in [4.69, 9.17) is 0 Å². The Labute approximate surface area is 125 Å². The summed E-state index contributed by atoms with van der Waals surface area (Å²) in [7, 11) is 1.83. The largest absolute Gasteiger partial charge is 0.357 e. The number of thioether (sulfide) groups is 1. The van der Waals surface area contributed by atoms with Crippen LogP contribution >= 0.6 is 11.8 Å². The zero-order valence-corrected chi connectivity index (χ0v) is 13.8. The second kappa shape index (κ2) is 6.16. The van der Waals surface area contributed by atoms with Crippen molar-refractivity contribution >= 4 is 23.7 Å². The fourth-order valence-corrected chi connectivity index (χ4v) is 3.62. The Bertz CT molecular complexity index is 441. The van der Waals surface area contributed by atoms with Gasteiger partial charge in [0, 0.05) is 13.1 Å². The number of hydrogen-bond acceptors (Lipinski definition) is 6. The van der Waals surface area contributed by atoms with Crippen molar-refractivity contribution in [1.82, 2.24) is 15.0 Å². The highest BCUT2D eigenvalue weighted by Gasteiger charge is 2.32. The van der Waals surface area contributed by atoms with Crippen LogP contribution in [0.25, 0.3) is 0 Å². The first-order valence-corrected chi connectivity index (χ1v) is 8.38. The van der Waals surface area contributed by atoms with Gasteiger partial charge in [-0.1, -0.05) is 32.5 Å². The van der Waals surface area contributed by atoms with Crippen LogP contribution < -0.4 is 10.6 Å². The summed E-state index contributed by atoms with van der Waals surface area (Å²) >= 11 is 1.53. The Morgan fingerprint density at radius 1 is 1.15 bits per heavy atom. The van der Waals surface area contributed by atoms with Crippen molar-refractivity contribution in [3.63, 3.8) is 0 Å². The van der Waals surface area contributed by atoms with E-state index < -0.39 is 0 Å². The Morgan fingerprint density at radius 2 is 1.85 bits per heavy atom. The van der Waals surface area contributed by atoms with E-state index in [0.29, 0.717) is 23.4 Å². The molecule has 0 bridgehead atoms. The first-order chi connectivity index (χ1) is 9.41. The number of nitrogens with one attached hydrogen (secondary N) is 2. The highest BCUT2D eigenvalue weighted by molar-refractivity contribution is 7.98. The van der Waals surface area contributed by atoms with E-state index in [1.165, 1.54) is 24.6 Å². The van der Waals surface area contributed by atoms with E-state index in [1.54, 1.807) is 0 Å². The topological polar surface area (TPSA) is 62.7 Å².